The molecule has 3 aromatic carbocycles. The minimum Gasteiger partial charge on any atom is -0.360 e. The Bertz CT molecular complexity index is 913. The lowest BCUT2D eigenvalue weighted by molar-refractivity contribution is -0.892. The molecule has 4 nitrogen and oxygen atoms in total. The second-order valence-corrected chi connectivity index (χ2v) is 8.11. The largest absolute Gasteiger partial charge is 0.360 e. The molecule has 0 atom stereocenters. The highest BCUT2D eigenvalue weighted by Gasteiger charge is 2.25. The minimum absolute atomic E-state index is 0.179. The molecule has 1 saturated heterocycles. The fourth-order valence-corrected chi connectivity index (χ4v) is 4.08. The van der Waals surface area contributed by atoms with Gasteiger partial charge in [-0.2, -0.15) is 0 Å². The number of nitrogens with zero attached hydrogens (tertiary/aromatic N) is 2. The van der Waals surface area contributed by atoms with Gasteiger partial charge in [-0.15, -0.1) is 0 Å². The Kier molecular flexibility index (Phi) is 6.95. The third-order valence-corrected chi connectivity index (χ3v) is 5.85. The van der Waals surface area contributed by atoms with Gasteiger partial charge in [0, 0.05) is 18.8 Å². The maximum atomic E-state index is 13.3. The van der Waals surface area contributed by atoms with E-state index in [2.05, 4.69) is 29.2 Å². The van der Waals surface area contributed by atoms with Crippen molar-refractivity contribution in [3.63, 3.8) is 0 Å². The Morgan fingerprint density at radius 2 is 1.32 bits per heavy atom. The number of hydrogen-bond acceptors (Lipinski definition) is 2. The van der Waals surface area contributed by atoms with Crippen molar-refractivity contribution in [3.05, 3.63) is 102 Å². The van der Waals surface area contributed by atoms with Gasteiger partial charge < -0.3 is 14.7 Å². The number of piperazine rings is 1. The number of quaternary nitrogens is 1. The van der Waals surface area contributed by atoms with Crippen molar-refractivity contribution < 1.29 is 14.1 Å². The van der Waals surface area contributed by atoms with E-state index in [0.717, 1.165) is 43.0 Å². The molecular formula is C26H29FN3O+. The van der Waals surface area contributed by atoms with E-state index in [1.54, 1.807) is 0 Å². The lowest BCUT2D eigenvalue weighted by Gasteiger charge is -2.34. The monoisotopic (exact) mass is 418 g/mol. The molecule has 160 valence electrons. The first-order valence-electron chi connectivity index (χ1n) is 10.9. The zero-order valence-electron chi connectivity index (χ0n) is 17.7. The molecule has 1 N–H and O–H groups in total. The highest BCUT2D eigenvalue weighted by atomic mass is 19.1. The summed E-state index contributed by atoms with van der Waals surface area (Å²) >= 11 is 0. The summed E-state index contributed by atoms with van der Waals surface area (Å²) in [5.74, 6) is -0.0338. The zero-order valence-corrected chi connectivity index (χ0v) is 17.7. The Morgan fingerprint density at radius 1 is 0.806 bits per heavy atom. The van der Waals surface area contributed by atoms with Gasteiger partial charge in [0.2, 0.25) is 0 Å². The maximum Gasteiger partial charge on any atom is 0.278 e. The zero-order chi connectivity index (χ0) is 21.5. The van der Waals surface area contributed by atoms with Crippen LogP contribution in [0.3, 0.4) is 0 Å². The molecule has 0 saturated carbocycles. The summed E-state index contributed by atoms with van der Waals surface area (Å²) in [4.78, 5) is 18.8. The first-order valence-corrected chi connectivity index (χ1v) is 10.9. The van der Waals surface area contributed by atoms with Crippen LogP contribution in [0.15, 0.2) is 84.9 Å². The van der Waals surface area contributed by atoms with Crippen molar-refractivity contribution in [2.45, 2.75) is 13.1 Å². The van der Waals surface area contributed by atoms with Crippen LogP contribution in [0.25, 0.3) is 0 Å². The molecule has 1 aliphatic heterocycles. The SMILES string of the molecule is O=C(C[NH+]1CCN(c2ccc(F)cc2)CC1)N(Cc1ccccc1)Cc1ccccc1. The molecule has 1 heterocycles. The molecule has 0 spiro atoms. The van der Waals surface area contributed by atoms with Crippen LogP contribution in [0.2, 0.25) is 0 Å². The van der Waals surface area contributed by atoms with Crippen molar-refractivity contribution in [3.8, 4) is 0 Å². The van der Waals surface area contributed by atoms with Gasteiger partial charge >= 0.3 is 0 Å². The van der Waals surface area contributed by atoms with Gasteiger partial charge in [-0.1, -0.05) is 60.7 Å². The molecule has 1 amide bonds. The first kappa shape index (κ1) is 21.1. The van der Waals surface area contributed by atoms with E-state index in [0.29, 0.717) is 19.6 Å². The number of rotatable bonds is 7. The summed E-state index contributed by atoms with van der Waals surface area (Å²) in [6.07, 6.45) is 0. The van der Waals surface area contributed by atoms with Crippen molar-refractivity contribution >= 4 is 11.6 Å². The minimum atomic E-state index is -0.212. The molecule has 0 aliphatic carbocycles. The van der Waals surface area contributed by atoms with Crippen molar-refractivity contribution in [2.75, 3.05) is 37.6 Å². The number of carbonyl (C=O) groups is 1. The van der Waals surface area contributed by atoms with Crippen LogP contribution in [0, 0.1) is 5.82 Å². The smallest absolute Gasteiger partial charge is 0.278 e. The second-order valence-electron chi connectivity index (χ2n) is 8.11. The predicted molar refractivity (Wildman–Crippen MR) is 121 cm³/mol. The van der Waals surface area contributed by atoms with Gasteiger partial charge in [-0.25, -0.2) is 4.39 Å². The fraction of sp³-hybridized carbons (Fsp3) is 0.269. The fourth-order valence-electron chi connectivity index (χ4n) is 4.08. The van der Waals surface area contributed by atoms with Crippen molar-refractivity contribution in [1.29, 1.82) is 0 Å². The number of halogens is 1. The van der Waals surface area contributed by atoms with Crippen LogP contribution in [-0.4, -0.2) is 43.5 Å². The average Bonchev–Trinajstić information content (AvgIpc) is 2.81. The Morgan fingerprint density at radius 3 is 1.84 bits per heavy atom. The molecule has 5 heteroatoms. The number of hydrogen-bond donors (Lipinski definition) is 1. The molecule has 0 aromatic heterocycles. The van der Waals surface area contributed by atoms with E-state index in [1.165, 1.54) is 17.0 Å². The highest BCUT2D eigenvalue weighted by molar-refractivity contribution is 5.77. The lowest BCUT2D eigenvalue weighted by atomic mass is 10.1. The maximum absolute atomic E-state index is 13.3. The number of benzene rings is 3. The Hall–Kier alpha value is -3.18. The van der Waals surface area contributed by atoms with E-state index < -0.39 is 0 Å². The van der Waals surface area contributed by atoms with Crippen LogP contribution < -0.4 is 9.80 Å². The third kappa shape index (κ3) is 5.92. The van der Waals surface area contributed by atoms with Gasteiger partial charge in [0.15, 0.2) is 6.54 Å². The summed E-state index contributed by atoms with van der Waals surface area (Å²) in [7, 11) is 0. The lowest BCUT2D eigenvalue weighted by Crippen LogP contribution is -3.15. The molecule has 0 bridgehead atoms. The molecular weight excluding hydrogens is 389 g/mol. The van der Waals surface area contributed by atoms with E-state index in [1.807, 2.05) is 53.4 Å². The molecule has 1 aliphatic rings. The predicted octanol–water partition coefficient (Wildman–Crippen LogP) is 2.76. The molecule has 0 unspecified atom stereocenters. The first-order chi connectivity index (χ1) is 15.2. The summed E-state index contributed by atoms with van der Waals surface area (Å²) < 4.78 is 13.2. The summed E-state index contributed by atoms with van der Waals surface area (Å²) in [5, 5.41) is 0. The van der Waals surface area contributed by atoms with Gasteiger partial charge in [0.25, 0.3) is 5.91 Å². The third-order valence-electron chi connectivity index (χ3n) is 5.85. The van der Waals surface area contributed by atoms with Gasteiger partial charge in [-0.3, -0.25) is 4.79 Å². The number of carbonyl (C=O) groups excluding carboxylic acids is 1. The summed E-state index contributed by atoms with van der Waals surface area (Å²) in [5.41, 5.74) is 3.33. The van der Waals surface area contributed by atoms with Crippen LogP contribution >= 0.6 is 0 Å². The molecule has 4 rings (SSSR count). The quantitative estimate of drug-likeness (QED) is 0.639. The Balaban J connectivity index is 1.37. The number of anilines is 1. The standard InChI is InChI=1S/C26H28FN3O/c27-24-11-13-25(14-12-24)29-17-15-28(16-18-29)21-26(31)30(19-22-7-3-1-4-8-22)20-23-9-5-2-6-10-23/h1-14H,15-21H2/p+1. The average molecular weight is 419 g/mol. The topological polar surface area (TPSA) is 28.0 Å². The van der Waals surface area contributed by atoms with Gasteiger partial charge in [-0.05, 0) is 35.4 Å². The van der Waals surface area contributed by atoms with Gasteiger partial charge in [0.1, 0.15) is 5.82 Å². The van der Waals surface area contributed by atoms with E-state index in [-0.39, 0.29) is 11.7 Å². The molecule has 1 fully saturated rings. The van der Waals surface area contributed by atoms with E-state index in [4.69, 9.17) is 0 Å². The Labute approximate surface area is 183 Å². The highest BCUT2D eigenvalue weighted by Crippen LogP contribution is 2.14. The molecule has 31 heavy (non-hydrogen) atoms. The second kappa shape index (κ2) is 10.2. The number of nitrogens with one attached hydrogen (secondary N) is 1. The van der Waals surface area contributed by atoms with Crippen LogP contribution in [0.1, 0.15) is 11.1 Å². The van der Waals surface area contributed by atoms with Crippen molar-refractivity contribution in [1.82, 2.24) is 4.90 Å². The normalized spacial score (nSPS) is 14.4. The summed E-state index contributed by atoms with van der Waals surface area (Å²) in [6.45, 7) is 5.25. The van der Waals surface area contributed by atoms with Gasteiger partial charge in [0.05, 0.1) is 26.2 Å². The molecule has 3 aromatic rings. The molecule has 0 radical (unpaired) electrons. The van der Waals surface area contributed by atoms with E-state index in [9.17, 15) is 9.18 Å². The van der Waals surface area contributed by atoms with Crippen LogP contribution in [-0.2, 0) is 17.9 Å². The number of amides is 1. The van der Waals surface area contributed by atoms with E-state index >= 15 is 0 Å². The van der Waals surface area contributed by atoms with Crippen molar-refractivity contribution in [2.24, 2.45) is 0 Å². The van der Waals surface area contributed by atoms with Crippen LogP contribution in [0.4, 0.5) is 10.1 Å². The summed E-state index contributed by atoms with van der Waals surface area (Å²) in [6, 6.07) is 27.0. The van der Waals surface area contributed by atoms with Crippen LogP contribution in [0.5, 0.6) is 0 Å².